The molecule has 1 aliphatic heterocycles. The maximum Gasteiger partial charge on any atom is 0.352 e. The van der Waals surface area contributed by atoms with E-state index in [0.717, 1.165) is 34.7 Å². The van der Waals surface area contributed by atoms with Crippen LogP contribution >= 0.6 is 0 Å². The van der Waals surface area contributed by atoms with Crippen molar-refractivity contribution in [1.82, 2.24) is 29.0 Å². The predicted octanol–water partition coefficient (Wildman–Crippen LogP) is 2.96. The highest BCUT2D eigenvalue weighted by Gasteiger charge is 2.26. The fourth-order valence-corrected chi connectivity index (χ4v) is 4.64. The summed E-state index contributed by atoms with van der Waals surface area (Å²) in [7, 11) is 0. The first-order valence-corrected chi connectivity index (χ1v) is 11.1. The van der Waals surface area contributed by atoms with Gasteiger partial charge >= 0.3 is 5.69 Å². The Balaban J connectivity index is 1.63. The van der Waals surface area contributed by atoms with Crippen molar-refractivity contribution in [2.24, 2.45) is 0 Å². The summed E-state index contributed by atoms with van der Waals surface area (Å²) in [6.07, 6.45) is 2.87. The lowest BCUT2D eigenvalue weighted by atomic mass is 10.1. The lowest BCUT2D eigenvalue weighted by molar-refractivity contribution is -0.0705. The summed E-state index contributed by atoms with van der Waals surface area (Å²) in [6, 6.07) is 1.77. The molecule has 5 rings (SSSR count). The lowest BCUT2D eigenvalue weighted by Crippen LogP contribution is -2.44. The SMILES string of the molecule is Cc1c(F)c(F)c(Cn2c(=O)n3ncnc3c3cc(CN4CC(C)OC(C)C4)cnc32)c(F)c1F. The molecule has 1 saturated heterocycles. The van der Waals surface area contributed by atoms with E-state index in [2.05, 4.69) is 20.0 Å². The second kappa shape index (κ2) is 8.68. The summed E-state index contributed by atoms with van der Waals surface area (Å²) in [4.78, 5) is 23.8. The zero-order valence-corrected chi connectivity index (χ0v) is 19.2. The van der Waals surface area contributed by atoms with E-state index >= 15 is 0 Å². The van der Waals surface area contributed by atoms with E-state index in [4.69, 9.17) is 4.74 Å². The van der Waals surface area contributed by atoms with Crippen molar-refractivity contribution < 1.29 is 22.3 Å². The van der Waals surface area contributed by atoms with E-state index in [-0.39, 0.29) is 23.5 Å². The fourth-order valence-electron chi connectivity index (χ4n) is 4.64. The smallest absolute Gasteiger partial charge is 0.352 e. The first-order valence-electron chi connectivity index (χ1n) is 11.1. The standard InChI is InChI=1S/C23H22F4N6O2/c1-11-6-31(7-12(2)35-11)8-14-4-15-21(28-5-14)32(23(34)33-22(15)29-10-30-33)9-16-19(26)17(24)13(3)18(25)20(16)27/h4-5,10-12H,6-9H2,1-3H3. The van der Waals surface area contributed by atoms with Crippen LogP contribution in [0, 0.1) is 30.2 Å². The Hall–Kier alpha value is -3.38. The molecule has 3 aromatic heterocycles. The predicted molar refractivity (Wildman–Crippen MR) is 118 cm³/mol. The topological polar surface area (TPSA) is 77.5 Å². The first kappa shape index (κ1) is 23.4. The number of ether oxygens (including phenoxy) is 1. The first-order chi connectivity index (χ1) is 16.7. The van der Waals surface area contributed by atoms with Gasteiger partial charge in [-0.3, -0.25) is 9.47 Å². The number of hydrogen-bond donors (Lipinski definition) is 0. The van der Waals surface area contributed by atoms with Crippen LogP contribution in [-0.4, -0.2) is 54.3 Å². The Kier molecular flexibility index (Phi) is 5.80. The minimum absolute atomic E-state index is 0.0585. The van der Waals surface area contributed by atoms with Crippen molar-refractivity contribution >= 4 is 16.7 Å². The van der Waals surface area contributed by atoms with Gasteiger partial charge in [-0.2, -0.15) is 9.61 Å². The maximum atomic E-state index is 14.6. The Bertz CT molecular complexity index is 1480. The van der Waals surface area contributed by atoms with E-state index in [9.17, 15) is 22.4 Å². The maximum absolute atomic E-state index is 14.6. The number of benzene rings is 1. The summed E-state index contributed by atoms with van der Waals surface area (Å²) in [6.45, 7) is 6.14. The average Bonchev–Trinajstić information content (AvgIpc) is 3.31. The molecule has 0 aliphatic carbocycles. The van der Waals surface area contributed by atoms with Crippen LogP contribution in [0.2, 0.25) is 0 Å². The zero-order chi connectivity index (χ0) is 25.0. The molecule has 2 atom stereocenters. The molecule has 0 saturated carbocycles. The number of morpholine rings is 1. The Labute approximate surface area is 196 Å². The molecule has 0 spiro atoms. The molecule has 35 heavy (non-hydrogen) atoms. The van der Waals surface area contributed by atoms with Gasteiger partial charge in [-0.25, -0.2) is 32.3 Å². The number of aromatic nitrogens is 5. The van der Waals surface area contributed by atoms with Gasteiger partial charge in [0.15, 0.2) is 28.9 Å². The van der Waals surface area contributed by atoms with Gasteiger partial charge in [0.2, 0.25) is 0 Å². The molecule has 0 radical (unpaired) electrons. The van der Waals surface area contributed by atoms with E-state index in [1.807, 2.05) is 13.8 Å². The van der Waals surface area contributed by atoms with Gasteiger partial charge in [0.25, 0.3) is 0 Å². The molecule has 0 N–H and O–H groups in total. The second-order valence-electron chi connectivity index (χ2n) is 8.89. The summed E-state index contributed by atoms with van der Waals surface area (Å²) < 4.78 is 65.2. The molecule has 0 amide bonds. The fraction of sp³-hybridized carbons (Fsp3) is 0.391. The second-order valence-corrected chi connectivity index (χ2v) is 8.89. The zero-order valence-electron chi connectivity index (χ0n) is 19.2. The van der Waals surface area contributed by atoms with Crippen molar-refractivity contribution in [2.75, 3.05) is 13.1 Å². The quantitative estimate of drug-likeness (QED) is 0.324. The molecule has 2 unspecified atom stereocenters. The Morgan fingerprint density at radius 2 is 1.63 bits per heavy atom. The highest BCUT2D eigenvalue weighted by Crippen LogP contribution is 2.26. The van der Waals surface area contributed by atoms with Gasteiger partial charge < -0.3 is 4.74 Å². The summed E-state index contributed by atoms with van der Waals surface area (Å²) in [5, 5.41) is 4.32. The van der Waals surface area contributed by atoms with E-state index < -0.39 is 46.6 Å². The van der Waals surface area contributed by atoms with Crippen molar-refractivity contribution in [2.45, 2.75) is 46.1 Å². The van der Waals surface area contributed by atoms with Crippen molar-refractivity contribution in [3.05, 3.63) is 69.0 Å². The highest BCUT2D eigenvalue weighted by atomic mass is 19.2. The number of halogens is 4. The van der Waals surface area contributed by atoms with Crippen LogP contribution in [-0.2, 0) is 17.8 Å². The van der Waals surface area contributed by atoms with Crippen LogP contribution in [0.5, 0.6) is 0 Å². The van der Waals surface area contributed by atoms with E-state index in [1.54, 1.807) is 12.3 Å². The van der Waals surface area contributed by atoms with Gasteiger partial charge in [-0.05, 0) is 32.4 Å². The monoisotopic (exact) mass is 490 g/mol. The molecule has 12 heteroatoms. The van der Waals surface area contributed by atoms with Gasteiger partial charge in [-0.1, -0.05) is 0 Å². The van der Waals surface area contributed by atoms with Crippen LogP contribution in [0.15, 0.2) is 23.4 Å². The van der Waals surface area contributed by atoms with Crippen molar-refractivity contribution in [3.63, 3.8) is 0 Å². The molecule has 1 aromatic carbocycles. The van der Waals surface area contributed by atoms with Crippen molar-refractivity contribution in [3.8, 4) is 0 Å². The number of pyridine rings is 1. The molecule has 8 nitrogen and oxygen atoms in total. The number of fused-ring (bicyclic) bond motifs is 3. The number of rotatable bonds is 4. The number of hydrogen-bond acceptors (Lipinski definition) is 6. The normalized spacial score (nSPS) is 19.2. The van der Waals surface area contributed by atoms with Crippen LogP contribution < -0.4 is 5.69 Å². The molecule has 1 aliphatic rings. The van der Waals surface area contributed by atoms with Crippen LogP contribution in [0.3, 0.4) is 0 Å². The molecular formula is C23H22F4N6O2. The largest absolute Gasteiger partial charge is 0.373 e. The highest BCUT2D eigenvalue weighted by molar-refractivity contribution is 5.89. The van der Waals surface area contributed by atoms with Crippen LogP contribution in [0.4, 0.5) is 17.6 Å². The third-order valence-electron chi connectivity index (χ3n) is 6.17. The molecule has 0 bridgehead atoms. The third-order valence-corrected chi connectivity index (χ3v) is 6.17. The minimum Gasteiger partial charge on any atom is -0.373 e. The Morgan fingerprint density at radius 3 is 2.29 bits per heavy atom. The van der Waals surface area contributed by atoms with Gasteiger partial charge in [0, 0.05) is 37.0 Å². The summed E-state index contributed by atoms with van der Waals surface area (Å²) >= 11 is 0. The van der Waals surface area contributed by atoms with Crippen molar-refractivity contribution in [1.29, 1.82) is 0 Å². The molecule has 1 fully saturated rings. The summed E-state index contributed by atoms with van der Waals surface area (Å²) in [5.41, 5.74) is -1.41. The lowest BCUT2D eigenvalue weighted by Gasteiger charge is -2.35. The van der Waals surface area contributed by atoms with Gasteiger partial charge in [-0.15, -0.1) is 0 Å². The summed E-state index contributed by atoms with van der Waals surface area (Å²) in [5.74, 6) is -6.15. The molecule has 4 aromatic rings. The number of nitrogens with zero attached hydrogens (tertiary/aromatic N) is 6. The van der Waals surface area contributed by atoms with Crippen LogP contribution in [0.1, 0.15) is 30.5 Å². The average molecular weight is 490 g/mol. The third kappa shape index (κ3) is 3.96. The van der Waals surface area contributed by atoms with E-state index in [0.29, 0.717) is 11.9 Å². The molecule has 4 heterocycles. The van der Waals surface area contributed by atoms with Gasteiger partial charge in [0.1, 0.15) is 12.0 Å². The van der Waals surface area contributed by atoms with Crippen LogP contribution in [0.25, 0.3) is 16.7 Å². The van der Waals surface area contributed by atoms with E-state index in [1.165, 1.54) is 6.33 Å². The van der Waals surface area contributed by atoms with Gasteiger partial charge in [0.05, 0.1) is 24.1 Å². The minimum atomic E-state index is -1.56. The molecular weight excluding hydrogens is 468 g/mol. The molecule has 184 valence electrons. The Morgan fingerprint density at radius 1 is 0.971 bits per heavy atom.